The van der Waals surface area contributed by atoms with Crippen molar-refractivity contribution < 1.29 is 33.4 Å². The molecule has 1 atom stereocenters. The molecule has 2 aromatic carbocycles. The van der Waals surface area contributed by atoms with Crippen LogP contribution in [0.15, 0.2) is 48.5 Å². The lowest BCUT2D eigenvalue weighted by molar-refractivity contribution is -0.162. The highest BCUT2D eigenvalue weighted by Gasteiger charge is 2.33. The number of rotatable bonds is 14. The van der Waals surface area contributed by atoms with Crippen LogP contribution in [0.3, 0.4) is 0 Å². The Kier molecular flexibility index (Phi) is 12.2. The first-order chi connectivity index (χ1) is 21.3. The van der Waals surface area contributed by atoms with Crippen LogP contribution in [0.1, 0.15) is 74.7 Å². The number of para-hydroxylation sites is 1. The number of piperidine rings is 1. The van der Waals surface area contributed by atoms with E-state index in [0.29, 0.717) is 31.7 Å². The number of amides is 2. The van der Waals surface area contributed by atoms with E-state index in [-0.39, 0.29) is 30.9 Å². The van der Waals surface area contributed by atoms with E-state index in [1.54, 1.807) is 13.8 Å². The largest absolute Gasteiger partial charge is 0.494 e. The first-order valence-corrected chi connectivity index (χ1v) is 15.7. The molecule has 10 heteroatoms. The average molecular weight is 608 g/mol. The van der Waals surface area contributed by atoms with Gasteiger partial charge < -0.3 is 24.0 Å². The van der Waals surface area contributed by atoms with Crippen molar-refractivity contribution in [3.63, 3.8) is 0 Å². The number of carbonyl (C=O) groups is 4. The summed E-state index contributed by atoms with van der Waals surface area (Å²) in [5.74, 6) is -0.265. The topological polar surface area (TPSA) is 106 Å². The number of likely N-dealkylation sites (tertiary alicyclic amines) is 1. The SMILES string of the molecule is CCOC(=O)CC(=O)OC(C)N(C)CCCCCOc1ccc(C(=O)N2CCC(N3C(=O)CCc4ccccc43)CC2)cc1. The number of hydrogen-bond donors (Lipinski definition) is 0. The molecule has 10 nitrogen and oxygen atoms in total. The first-order valence-electron chi connectivity index (χ1n) is 15.7. The van der Waals surface area contributed by atoms with Gasteiger partial charge in [0.15, 0.2) is 6.23 Å². The zero-order valence-electron chi connectivity index (χ0n) is 26.2. The van der Waals surface area contributed by atoms with E-state index in [0.717, 1.165) is 56.5 Å². The normalized spacial score (nSPS) is 16.0. The van der Waals surface area contributed by atoms with Crippen molar-refractivity contribution in [2.75, 3.05) is 44.8 Å². The van der Waals surface area contributed by atoms with E-state index in [1.807, 2.05) is 64.2 Å². The molecule has 4 rings (SSSR count). The molecule has 1 saturated heterocycles. The van der Waals surface area contributed by atoms with Gasteiger partial charge in [-0.1, -0.05) is 18.2 Å². The van der Waals surface area contributed by atoms with Crippen LogP contribution in [0.2, 0.25) is 0 Å². The Morgan fingerprint density at radius 2 is 1.68 bits per heavy atom. The third-order valence-electron chi connectivity index (χ3n) is 8.29. The third-order valence-corrected chi connectivity index (χ3v) is 8.29. The summed E-state index contributed by atoms with van der Waals surface area (Å²) in [5, 5.41) is 0. The third kappa shape index (κ3) is 9.05. The van der Waals surface area contributed by atoms with Crippen LogP contribution in [0, 0.1) is 0 Å². The number of anilines is 1. The Morgan fingerprint density at radius 3 is 2.41 bits per heavy atom. The Balaban J connectivity index is 1.12. The lowest BCUT2D eigenvalue weighted by atomic mass is 9.95. The van der Waals surface area contributed by atoms with Crippen LogP contribution in [-0.2, 0) is 30.3 Å². The molecule has 0 aliphatic carbocycles. The smallest absolute Gasteiger partial charge is 0.318 e. The molecular formula is C34H45N3O7. The number of benzene rings is 2. The van der Waals surface area contributed by atoms with E-state index < -0.39 is 18.2 Å². The molecule has 0 bridgehead atoms. The minimum Gasteiger partial charge on any atom is -0.494 e. The maximum atomic E-state index is 13.2. The highest BCUT2D eigenvalue weighted by atomic mass is 16.6. The van der Waals surface area contributed by atoms with Gasteiger partial charge in [0.2, 0.25) is 5.91 Å². The van der Waals surface area contributed by atoms with Gasteiger partial charge in [0.05, 0.1) is 13.2 Å². The molecule has 0 N–H and O–H groups in total. The predicted molar refractivity (Wildman–Crippen MR) is 166 cm³/mol. The maximum absolute atomic E-state index is 13.2. The van der Waals surface area contributed by atoms with Gasteiger partial charge in [-0.25, -0.2) is 0 Å². The van der Waals surface area contributed by atoms with Crippen molar-refractivity contribution in [1.82, 2.24) is 9.80 Å². The van der Waals surface area contributed by atoms with Crippen LogP contribution < -0.4 is 9.64 Å². The van der Waals surface area contributed by atoms with E-state index in [9.17, 15) is 19.2 Å². The number of esters is 2. The van der Waals surface area contributed by atoms with Crippen molar-refractivity contribution in [2.24, 2.45) is 0 Å². The summed E-state index contributed by atoms with van der Waals surface area (Å²) in [4.78, 5) is 55.0. The summed E-state index contributed by atoms with van der Waals surface area (Å²) in [6, 6.07) is 15.6. The number of fused-ring (bicyclic) bond motifs is 1. The van der Waals surface area contributed by atoms with Crippen molar-refractivity contribution in [1.29, 1.82) is 0 Å². The van der Waals surface area contributed by atoms with Gasteiger partial charge >= 0.3 is 11.9 Å². The van der Waals surface area contributed by atoms with Crippen LogP contribution in [-0.4, -0.2) is 85.7 Å². The standard InChI is InChI=1S/C34H45N3O7/c1-4-42-32(39)24-33(40)44-25(2)35(3)20-8-5-9-23-43-29-15-12-27(13-16-29)34(41)36-21-18-28(19-22-36)37-30-11-7-6-10-26(30)14-17-31(37)38/h6-7,10-13,15-16,25,28H,4-5,8-9,14,17-24H2,1-3H3. The van der Waals surface area contributed by atoms with Gasteiger partial charge in [0.1, 0.15) is 12.2 Å². The Bertz CT molecular complexity index is 1270. The van der Waals surface area contributed by atoms with E-state index in [1.165, 1.54) is 5.56 Å². The molecule has 2 amide bonds. The molecule has 0 saturated carbocycles. The molecular weight excluding hydrogens is 562 g/mol. The molecule has 1 fully saturated rings. The molecule has 44 heavy (non-hydrogen) atoms. The molecule has 0 aromatic heterocycles. The second kappa shape index (κ2) is 16.2. The fraction of sp³-hybridized carbons (Fsp3) is 0.529. The van der Waals surface area contributed by atoms with Gasteiger partial charge in [0.25, 0.3) is 5.91 Å². The quantitative estimate of drug-likeness (QED) is 0.133. The van der Waals surface area contributed by atoms with Crippen molar-refractivity contribution in [3.05, 3.63) is 59.7 Å². The minimum absolute atomic E-state index is 0.00490. The van der Waals surface area contributed by atoms with Crippen LogP contribution in [0.4, 0.5) is 5.69 Å². The Labute approximate surface area is 260 Å². The summed E-state index contributed by atoms with van der Waals surface area (Å²) in [5.41, 5.74) is 2.88. The molecule has 0 radical (unpaired) electrons. The van der Waals surface area contributed by atoms with Gasteiger partial charge in [-0.05, 0) is 95.3 Å². The fourth-order valence-corrected chi connectivity index (χ4v) is 5.72. The highest BCUT2D eigenvalue weighted by molar-refractivity contribution is 5.97. The number of unbranched alkanes of at least 4 members (excludes halogenated alkanes) is 2. The van der Waals surface area contributed by atoms with Crippen LogP contribution in [0.5, 0.6) is 5.75 Å². The lowest BCUT2D eigenvalue weighted by Crippen LogP contribution is -2.50. The molecule has 2 aliphatic heterocycles. The molecule has 1 unspecified atom stereocenters. The maximum Gasteiger partial charge on any atom is 0.318 e. The van der Waals surface area contributed by atoms with Gasteiger partial charge in [0, 0.05) is 43.3 Å². The Morgan fingerprint density at radius 1 is 0.955 bits per heavy atom. The van der Waals surface area contributed by atoms with Gasteiger partial charge in [-0.15, -0.1) is 0 Å². The monoisotopic (exact) mass is 607 g/mol. The number of hydrogen-bond acceptors (Lipinski definition) is 8. The summed E-state index contributed by atoms with van der Waals surface area (Å²) in [7, 11) is 1.87. The van der Waals surface area contributed by atoms with E-state index in [2.05, 4.69) is 6.07 Å². The van der Waals surface area contributed by atoms with Crippen molar-refractivity contribution in [2.45, 2.75) is 77.5 Å². The second-order valence-corrected chi connectivity index (χ2v) is 11.4. The zero-order chi connectivity index (χ0) is 31.5. The summed E-state index contributed by atoms with van der Waals surface area (Å²) in [6.07, 6.45) is 4.76. The zero-order valence-corrected chi connectivity index (χ0v) is 26.2. The minimum atomic E-state index is -0.592. The summed E-state index contributed by atoms with van der Waals surface area (Å²) >= 11 is 0. The van der Waals surface area contributed by atoms with E-state index >= 15 is 0 Å². The molecule has 238 valence electrons. The summed E-state index contributed by atoms with van der Waals surface area (Å²) in [6.45, 7) is 6.25. The average Bonchev–Trinajstić information content (AvgIpc) is 3.02. The van der Waals surface area contributed by atoms with Crippen molar-refractivity contribution in [3.8, 4) is 5.75 Å². The number of ether oxygens (including phenoxy) is 3. The Hall–Kier alpha value is -3.92. The number of nitrogens with zero attached hydrogens (tertiary/aromatic N) is 3. The van der Waals surface area contributed by atoms with Gasteiger partial charge in [-0.2, -0.15) is 0 Å². The van der Waals surface area contributed by atoms with Crippen molar-refractivity contribution >= 4 is 29.4 Å². The first kappa shape index (κ1) is 33.0. The summed E-state index contributed by atoms with van der Waals surface area (Å²) < 4.78 is 15.9. The number of aryl methyl sites for hydroxylation is 1. The predicted octanol–water partition coefficient (Wildman–Crippen LogP) is 4.59. The number of carbonyl (C=O) groups excluding carboxylic acids is 4. The second-order valence-electron chi connectivity index (χ2n) is 11.4. The molecule has 2 aliphatic rings. The van der Waals surface area contributed by atoms with Crippen LogP contribution in [0.25, 0.3) is 0 Å². The molecule has 0 spiro atoms. The van der Waals surface area contributed by atoms with E-state index in [4.69, 9.17) is 14.2 Å². The highest BCUT2D eigenvalue weighted by Crippen LogP contribution is 2.32. The fourth-order valence-electron chi connectivity index (χ4n) is 5.72. The van der Waals surface area contributed by atoms with Gasteiger partial charge in [-0.3, -0.25) is 24.1 Å². The lowest BCUT2D eigenvalue weighted by Gasteiger charge is -2.41. The molecule has 2 aromatic rings. The molecule has 2 heterocycles. The van der Waals surface area contributed by atoms with Crippen LogP contribution >= 0.6 is 0 Å².